The van der Waals surface area contributed by atoms with Crippen LogP contribution in [0.1, 0.15) is 35.9 Å². The van der Waals surface area contributed by atoms with Crippen molar-refractivity contribution in [1.82, 2.24) is 0 Å². The number of benzene rings is 3. The molecule has 0 unspecified atom stereocenters. The molecule has 0 radical (unpaired) electrons. The standard InChI is InChI=1S/C28H28N2O4/c1-32-19-13-11-17(12-14-19)18-15-23-26(24(31)16-18)27(30-22-9-5-4-8-21(22)29-23)20-7-6-10-25(33-2)28(20)34-3/h4-14,18,27,29-30H,15-16H2,1-3H3/t18-,27+/m1/s1. The molecule has 3 aromatic rings. The second kappa shape index (κ2) is 9.14. The van der Waals surface area contributed by atoms with Crippen molar-refractivity contribution in [3.8, 4) is 17.2 Å². The molecule has 0 saturated heterocycles. The maximum absolute atomic E-state index is 13.7. The number of Topliss-reactive ketones (excluding diaryl/α,β-unsaturated/α-hetero) is 1. The topological polar surface area (TPSA) is 68.8 Å². The number of allylic oxidation sites excluding steroid dienone is 1. The van der Waals surface area contributed by atoms with Crippen LogP contribution in [0.25, 0.3) is 0 Å². The first kappa shape index (κ1) is 21.9. The van der Waals surface area contributed by atoms with Crippen LogP contribution in [-0.2, 0) is 4.79 Å². The molecule has 6 nitrogen and oxygen atoms in total. The number of hydrogen-bond acceptors (Lipinski definition) is 6. The van der Waals surface area contributed by atoms with E-state index in [0.717, 1.165) is 45.9 Å². The third kappa shape index (κ3) is 3.85. The number of fused-ring (bicyclic) bond motifs is 1. The number of rotatable bonds is 5. The molecule has 2 aliphatic rings. The summed E-state index contributed by atoms with van der Waals surface area (Å²) in [5.41, 5.74) is 5.55. The maximum atomic E-state index is 13.7. The van der Waals surface area contributed by atoms with E-state index in [1.807, 2.05) is 66.7 Å². The van der Waals surface area contributed by atoms with E-state index < -0.39 is 0 Å². The van der Waals surface area contributed by atoms with Gasteiger partial charge in [-0.15, -0.1) is 0 Å². The maximum Gasteiger partial charge on any atom is 0.166 e. The molecule has 1 heterocycles. The molecular formula is C28H28N2O4. The summed E-state index contributed by atoms with van der Waals surface area (Å²) in [5, 5.41) is 7.19. The molecule has 2 N–H and O–H groups in total. The highest BCUT2D eigenvalue weighted by Crippen LogP contribution is 2.47. The third-order valence-corrected chi connectivity index (χ3v) is 6.64. The summed E-state index contributed by atoms with van der Waals surface area (Å²) < 4.78 is 16.6. The lowest BCUT2D eigenvalue weighted by Gasteiger charge is -2.30. The van der Waals surface area contributed by atoms with Gasteiger partial charge in [-0.1, -0.05) is 36.4 Å². The number of ether oxygens (including phenoxy) is 3. The lowest BCUT2D eigenvalue weighted by Crippen LogP contribution is -2.27. The van der Waals surface area contributed by atoms with Crippen LogP contribution >= 0.6 is 0 Å². The fourth-order valence-electron chi connectivity index (χ4n) is 4.98. The Labute approximate surface area is 199 Å². The number of anilines is 2. The molecule has 174 valence electrons. The summed E-state index contributed by atoms with van der Waals surface area (Å²) in [4.78, 5) is 13.7. The molecule has 2 atom stereocenters. The average molecular weight is 457 g/mol. The molecule has 0 bridgehead atoms. The minimum atomic E-state index is -0.375. The van der Waals surface area contributed by atoms with Gasteiger partial charge >= 0.3 is 0 Å². The Bertz CT molecular complexity index is 1250. The van der Waals surface area contributed by atoms with Crippen LogP contribution in [0.3, 0.4) is 0 Å². The van der Waals surface area contributed by atoms with Gasteiger partial charge in [-0.3, -0.25) is 4.79 Å². The number of ketones is 1. The molecule has 34 heavy (non-hydrogen) atoms. The van der Waals surface area contributed by atoms with Crippen LogP contribution < -0.4 is 24.8 Å². The van der Waals surface area contributed by atoms with E-state index in [9.17, 15) is 4.79 Å². The first-order chi connectivity index (χ1) is 16.6. The first-order valence-corrected chi connectivity index (χ1v) is 11.4. The monoisotopic (exact) mass is 456 g/mol. The third-order valence-electron chi connectivity index (χ3n) is 6.64. The lowest BCUT2D eigenvalue weighted by atomic mass is 9.78. The Hall–Kier alpha value is -3.93. The second-order valence-corrected chi connectivity index (χ2v) is 8.52. The van der Waals surface area contributed by atoms with Gasteiger partial charge in [-0.25, -0.2) is 0 Å². The Morgan fingerprint density at radius 1 is 0.794 bits per heavy atom. The largest absolute Gasteiger partial charge is 0.497 e. The highest BCUT2D eigenvalue weighted by Gasteiger charge is 2.37. The first-order valence-electron chi connectivity index (χ1n) is 11.4. The second-order valence-electron chi connectivity index (χ2n) is 8.52. The van der Waals surface area contributed by atoms with Crippen molar-refractivity contribution in [1.29, 1.82) is 0 Å². The minimum Gasteiger partial charge on any atom is -0.497 e. The van der Waals surface area contributed by atoms with E-state index in [1.54, 1.807) is 21.3 Å². The molecule has 0 saturated carbocycles. The highest BCUT2D eigenvalue weighted by molar-refractivity contribution is 6.01. The Morgan fingerprint density at radius 2 is 1.56 bits per heavy atom. The predicted molar refractivity (Wildman–Crippen MR) is 133 cm³/mol. The van der Waals surface area contributed by atoms with E-state index in [1.165, 1.54) is 0 Å². The zero-order valence-electron chi connectivity index (χ0n) is 19.6. The van der Waals surface area contributed by atoms with E-state index in [0.29, 0.717) is 17.9 Å². The molecule has 1 aliphatic heterocycles. The molecule has 0 fully saturated rings. The number of methoxy groups -OCH3 is 3. The van der Waals surface area contributed by atoms with Gasteiger partial charge in [0, 0.05) is 23.3 Å². The van der Waals surface area contributed by atoms with Crippen LogP contribution in [0, 0.1) is 0 Å². The SMILES string of the molecule is COc1ccc([C@H]2CC(=O)C3=C(C2)Nc2ccccc2N[C@H]3c2cccc(OC)c2OC)cc1. The minimum absolute atomic E-state index is 0.0859. The number of hydrogen-bond donors (Lipinski definition) is 2. The number of carbonyl (C=O) groups excluding carboxylic acids is 1. The van der Waals surface area contributed by atoms with E-state index in [2.05, 4.69) is 10.6 Å². The fourth-order valence-corrected chi connectivity index (χ4v) is 4.98. The lowest BCUT2D eigenvalue weighted by molar-refractivity contribution is -0.116. The number of nitrogens with one attached hydrogen (secondary N) is 2. The summed E-state index contributed by atoms with van der Waals surface area (Å²) in [7, 11) is 4.90. The zero-order valence-corrected chi connectivity index (χ0v) is 19.6. The summed E-state index contributed by atoms with van der Waals surface area (Å²) in [6.45, 7) is 0. The van der Waals surface area contributed by atoms with Crippen molar-refractivity contribution in [3.63, 3.8) is 0 Å². The Kier molecular flexibility index (Phi) is 5.88. The van der Waals surface area contributed by atoms with Crippen molar-refractivity contribution in [3.05, 3.63) is 89.1 Å². The normalized spacial score (nSPS) is 19.2. The average Bonchev–Trinajstić information content (AvgIpc) is 3.05. The molecule has 0 spiro atoms. The van der Waals surface area contributed by atoms with Crippen molar-refractivity contribution in [2.45, 2.75) is 24.8 Å². The highest BCUT2D eigenvalue weighted by atomic mass is 16.5. The van der Waals surface area contributed by atoms with E-state index in [-0.39, 0.29) is 17.7 Å². The van der Waals surface area contributed by atoms with Gasteiger partial charge in [0.2, 0.25) is 0 Å². The quantitative estimate of drug-likeness (QED) is 0.514. The molecule has 1 aliphatic carbocycles. The fraction of sp³-hybridized carbons (Fsp3) is 0.250. The molecule has 5 rings (SSSR count). The predicted octanol–water partition coefficient (Wildman–Crippen LogP) is 5.69. The van der Waals surface area contributed by atoms with Crippen LogP contribution in [0.2, 0.25) is 0 Å². The van der Waals surface area contributed by atoms with Crippen molar-refractivity contribution >= 4 is 17.2 Å². The summed E-state index contributed by atoms with van der Waals surface area (Å²) in [6.07, 6.45) is 1.17. The summed E-state index contributed by atoms with van der Waals surface area (Å²) in [5.74, 6) is 2.27. The van der Waals surface area contributed by atoms with Crippen molar-refractivity contribution < 1.29 is 19.0 Å². The van der Waals surface area contributed by atoms with Gasteiger partial charge in [-0.05, 0) is 48.2 Å². The zero-order chi connectivity index (χ0) is 23.7. The van der Waals surface area contributed by atoms with Gasteiger partial charge in [0.05, 0.1) is 38.7 Å². The molecule has 0 amide bonds. The molecule has 6 heteroatoms. The van der Waals surface area contributed by atoms with Crippen LogP contribution in [0.5, 0.6) is 17.2 Å². The Morgan fingerprint density at radius 3 is 2.26 bits per heavy atom. The van der Waals surface area contributed by atoms with Gasteiger partial charge in [0.15, 0.2) is 17.3 Å². The molecule has 3 aromatic carbocycles. The van der Waals surface area contributed by atoms with Crippen LogP contribution in [0.15, 0.2) is 78.0 Å². The van der Waals surface area contributed by atoms with E-state index in [4.69, 9.17) is 14.2 Å². The smallest absolute Gasteiger partial charge is 0.166 e. The summed E-state index contributed by atoms with van der Waals surface area (Å²) >= 11 is 0. The van der Waals surface area contributed by atoms with Gasteiger partial charge in [0.1, 0.15) is 5.75 Å². The molecular weight excluding hydrogens is 428 g/mol. The van der Waals surface area contributed by atoms with Gasteiger partial charge in [-0.2, -0.15) is 0 Å². The van der Waals surface area contributed by atoms with Gasteiger partial charge in [0.25, 0.3) is 0 Å². The van der Waals surface area contributed by atoms with E-state index >= 15 is 0 Å². The van der Waals surface area contributed by atoms with Crippen LogP contribution in [-0.4, -0.2) is 27.1 Å². The number of carbonyl (C=O) groups is 1. The summed E-state index contributed by atoms with van der Waals surface area (Å²) in [6, 6.07) is 21.4. The van der Waals surface area contributed by atoms with Gasteiger partial charge < -0.3 is 24.8 Å². The van der Waals surface area contributed by atoms with Crippen LogP contribution in [0.4, 0.5) is 11.4 Å². The van der Waals surface area contributed by atoms with Crippen molar-refractivity contribution in [2.24, 2.45) is 0 Å². The van der Waals surface area contributed by atoms with Crippen molar-refractivity contribution in [2.75, 3.05) is 32.0 Å². The number of para-hydroxylation sites is 3. The molecule has 0 aromatic heterocycles. The Balaban J connectivity index is 1.62.